The van der Waals surface area contributed by atoms with E-state index in [1.807, 2.05) is 0 Å². The van der Waals surface area contributed by atoms with Crippen molar-refractivity contribution in [3.63, 3.8) is 0 Å². The zero-order valence-electron chi connectivity index (χ0n) is 16.4. The Morgan fingerprint density at radius 3 is 2.15 bits per heavy atom. The second kappa shape index (κ2) is 9.09. The van der Waals surface area contributed by atoms with Gasteiger partial charge in [0.2, 0.25) is 5.78 Å². The van der Waals surface area contributed by atoms with Gasteiger partial charge < -0.3 is 10.2 Å². The normalized spacial score (nSPS) is 13.7. The highest BCUT2D eigenvalue weighted by atomic mass is 35.5. The summed E-state index contributed by atoms with van der Waals surface area (Å²) in [5.41, 5.74) is 0.0617. The van der Waals surface area contributed by atoms with E-state index in [1.165, 1.54) is 41.0 Å². The van der Waals surface area contributed by atoms with Crippen molar-refractivity contribution in [1.29, 1.82) is 0 Å². The minimum atomic E-state index is -0.646. The number of hydrogen-bond donors (Lipinski definition) is 2. The lowest BCUT2D eigenvalue weighted by atomic mass is 10.0. The predicted molar refractivity (Wildman–Crippen MR) is 130 cm³/mol. The highest BCUT2D eigenvalue weighted by molar-refractivity contribution is 6.47. The molecule has 0 unspecified atom stereocenters. The van der Waals surface area contributed by atoms with Gasteiger partial charge in [-0.1, -0.05) is 70.1 Å². The monoisotopic (exact) mass is 541 g/mol. The molecule has 1 aliphatic carbocycles. The van der Waals surface area contributed by atoms with E-state index in [9.17, 15) is 19.8 Å². The van der Waals surface area contributed by atoms with Gasteiger partial charge in [-0.3, -0.25) is 14.2 Å². The molecule has 1 aromatic heterocycles. The van der Waals surface area contributed by atoms with Crippen LogP contribution >= 0.6 is 58.0 Å². The average molecular weight is 544 g/mol. The van der Waals surface area contributed by atoms with Gasteiger partial charge >= 0.3 is 0 Å². The Labute approximate surface area is 213 Å². The van der Waals surface area contributed by atoms with Gasteiger partial charge in [-0.05, 0) is 36.4 Å². The zero-order chi connectivity index (χ0) is 24.0. The smallest absolute Gasteiger partial charge is 0.213 e. The third-order valence-corrected chi connectivity index (χ3v) is 6.86. The SMILES string of the molecule is O=C(C1=C(n2c(C(=O)c3ccc(Cl)cc3O)cc(Cl)c2Cl)C(Cl)=C(Cl)C1)c1ccccc1O. The van der Waals surface area contributed by atoms with E-state index in [1.54, 1.807) is 12.1 Å². The molecule has 1 heterocycles. The molecule has 4 rings (SSSR count). The van der Waals surface area contributed by atoms with Crippen LogP contribution in [0.3, 0.4) is 0 Å². The van der Waals surface area contributed by atoms with Gasteiger partial charge in [-0.25, -0.2) is 0 Å². The van der Waals surface area contributed by atoms with Gasteiger partial charge in [0.25, 0.3) is 0 Å². The third kappa shape index (κ3) is 4.16. The van der Waals surface area contributed by atoms with Gasteiger partial charge in [0.15, 0.2) is 5.78 Å². The Morgan fingerprint density at radius 2 is 1.48 bits per heavy atom. The lowest BCUT2D eigenvalue weighted by Gasteiger charge is -2.15. The number of aromatic hydroxyl groups is 2. The van der Waals surface area contributed by atoms with Gasteiger partial charge in [-0.15, -0.1) is 0 Å². The van der Waals surface area contributed by atoms with E-state index in [0.29, 0.717) is 0 Å². The first kappa shape index (κ1) is 23.7. The van der Waals surface area contributed by atoms with Crippen LogP contribution in [0.2, 0.25) is 15.2 Å². The van der Waals surface area contributed by atoms with Crippen molar-refractivity contribution in [1.82, 2.24) is 4.57 Å². The molecule has 0 aliphatic heterocycles. The Balaban J connectivity index is 1.95. The van der Waals surface area contributed by atoms with Crippen molar-refractivity contribution in [2.24, 2.45) is 0 Å². The summed E-state index contributed by atoms with van der Waals surface area (Å²) in [6.07, 6.45) is -0.0468. The lowest BCUT2D eigenvalue weighted by Crippen LogP contribution is -2.13. The Morgan fingerprint density at radius 1 is 0.818 bits per heavy atom. The number of phenolic OH excluding ortho intramolecular Hbond substituents is 2. The van der Waals surface area contributed by atoms with Crippen LogP contribution in [0.25, 0.3) is 5.70 Å². The maximum absolute atomic E-state index is 13.3. The number of rotatable bonds is 5. The topological polar surface area (TPSA) is 79.5 Å². The second-order valence-corrected chi connectivity index (χ2v) is 9.10. The van der Waals surface area contributed by atoms with Gasteiger partial charge in [-0.2, -0.15) is 0 Å². The van der Waals surface area contributed by atoms with Crippen LogP contribution in [0.4, 0.5) is 0 Å². The molecule has 0 bridgehead atoms. The van der Waals surface area contributed by atoms with Crippen LogP contribution in [-0.2, 0) is 0 Å². The van der Waals surface area contributed by atoms with E-state index in [2.05, 4.69) is 0 Å². The molecule has 2 N–H and O–H groups in total. The maximum atomic E-state index is 13.3. The van der Waals surface area contributed by atoms with Crippen LogP contribution in [-0.4, -0.2) is 26.3 Å². The van der Waals surface area contributed by atoms with Crippen LogP contribution in [0, 0.1) is 0 Å². The van der Waals surface area contributed by atoms with E-state index < -0.39 is 11.6 Å². The number of nitrogens with zero attached hydrogens (tertiary/aromatic N) is 1. The highest BCUT2D eigenvalue weighted by Gasteiger charge is 2.34. The van der Waals surface area contributed by atoms with Crippen molar-refractivity contribution in [3.8, 4) is 11.5 Å². The molecule has 33 heavy (non-hydrogen) atoms. The van der Waals surface area contributed by atoms with Crippen molar-refractivity contribution in [2.75, 3.05) is 0 Å². The maximum Gasteiger partial charge on any atom is 0.213 e. The molecule has 3 aromatic rings. The van der Waals surface area contributed by atoms with Crippen molar-refractivity contribution in [2.45, 2.75) is 6.42 Å². The highest BCUT2D eigenvalue weighted by Crippen LogP contribution is 2.45. The number of carbonyl (C=O) groups is 2. The number of halogens is 5. The van der Waals surface area contributed by atoms with Gasteiger partial charge in [0.1, 0.15) is 16.7 Å². The summed E-state index contributed by atoms with van der Waals surface area (Å²) in [5, 5.41) is 20.7. The van der Waals surface area contributed by atoms with Crippen molar-refractivity contribution >= 4 is 75.3 Å². The molecule has 10 heteroatoms. The fraction of sp³-hybridized carbons (Fsp3) is 0.0435. The number of aromatic nitrogens is 1. The van der Waals surface area contributed by atoms with Gasteiger partial charge in [0.05, 0.1) is 32.6 Å². The quantitative estimate of drug-likeness (QED) is 0.332. The fourth-order valence-corrected chi connectivity index (χ4v) is 4.58. The number of hydrogen-bond acceptors (Lipinski definition) is 4. The largest absolute Gasteiger partial charge is 0.507 e. The van der Waals surface area contributed by atoms with Crippen LogP contribution in [0.1, 0.15) is 32.8 Å². The van der Waals surface area contributed by atoms with Crippen molar-refractivity contribution < 1.29 is 19.8 Å². The molecule has 2 aromatic carbocycles. The minimum absolute atomic E-state index is 0.000942. The van der Waals surface area contributed by atoms with E-state index in [-0.39, 0.29) is 71.3 Å². The molecule has 5 nitrogen and oxygen atoms in total. The zero-order valence-corrected chi connectivity index (χ0v) is 20.2. The molecular formula is C23H12Cl5NO4. The molecule has 168 valence electrons. The lowest BCUT2D eigenvalue weighted by molar-refractivity contribution is 0.101. The van der Waals surface area contributed by atoms with Crippen LogP contribution in [0.15, 0.2) is 64.2 Å². The summed E-state index contributed by atoms with van der Waals surface area (Å²) in [6.45, 7) is 0. The van der Waals surface area contributed by atoms with Crippen LogP contribution < -0.4 is 0 Å². The van der Waals surface area contributed by atoms with Crippen molar-refractivity contribution in [3.05, 3.63) is 96.2 Å². The number of benzene rings is 2. The molecule has 0 saturated heterocycles. The average Bonchev–Trinajstić information content (AvgIpc) is 3.22. The third-order valence-electron chi connectivity index (χ3n) is 5.05. The first-order valence-corrected chi connectivity index (χ1v) is 11.2. The molecule has 0 saturated carbocycles. The minimum Gasteiger partial charge on any atom is -0.507 e. The summed E-state index contributed by atoms with van der Waals surface area (Å²) in [4.78, 5) is 26.6. The van der Waals surface area contributed by atoms with E-state index >= 15 is 0 Å². The number of ketones is 2. The molecule has 0 atom stereocenters. The molecule has 1 aliphatic rings. The summed E-state index contributed by atoms with van der Waals surface area (Å²) in [5.74, 6) is -1.77. The van der Waals surface area contributed by atoms with E-state index in [4.69, 9.17) is 58.0 Å². The standard InChI is InChI=1S/C23H12Cl5NO4/c24-10-5-6-12(18(31)7-10)22(33)16-9-15(26)23(28)29(16)20-13(8-14(25)19(20)27)21(32)11-3-1-2-4-17(11)30/h1-7,9,30-31H,8H2. The second-order valence-electron chi connectivity index (χ2n) is 7.06. The van der Waals surface area contributed by atoms with Gasteiger partial charge in [0, 0.05) is 22.0 Å². The number of allylic oxidation sites excluding steroid dienone is 4. The summed E-state index contributed by atoms with van der Waals surface area (Å²) < 4.78 is 1.21. The molecule has 0 spiro atoms. The fourth-order valence-electron chi connectivity index (χ4n) is 3.50. The molecule has 0 fully saturated rings. The Hall–Kier alpha value is -2.41. The Bertz CT molecular complexity index is 1400. The Kier molecular flexibility index (Phi) is 6.54. The summed E-state index contributed by atoms with van der Waals surface area (Å²) in [6, 6.07) is 11.3. The predicted octanol–water partition coefficient (Wildman–Crippen LogP) is 7.28. The number of Topliss-reactive ketones (excluding diaryl/α,β-unsaturated/α-hetero) is 1. The molecular weight excluding hydrogens is 532 g/mol. The molecule has 0 radical (unpaired) electrons. The summed E-state index contributed by atoms with van der Waals surface area (Å²) in [7, 11) is 0. The number of para-hydroxylation sites is 1. The van der Waals surface area contributed by atoms with Crippen LogP contribution in [0.5, 0.6) is 11.5 Å². The first-order valence-electron chi connectivity index (χ1n) is 9.32. The van der Waals surface area contributed by atoms with E-state index in [0.717, 1.165) is 0 Å². The first-order chi connectivity index (χ1) is 15.6. The summed E-state index contributed by atoms with van der Waals surface area (Å²) >= 11 is 31.3. The number of phenols is 2. The number of carbonyl (C=O) groups excluding carboxylic acids is 2. The molecule has 0 amide bonds.